The first-order valence-corrected chi connectivity index (χ1v) is 7.16. The minimum absolute atomic E-state index is 0.257. The fourth-order valence-corrected chi connectivity index (χ4v) is 2.27. The van der Waals surface area contributed by atoms with Crippen LogP contribution < -0.4 is 4.74 Å². The van der Waals surface area contributed by atoms with Crippen molar-refractivity contribution in [1.29, 1.82) is 0 Å². The average molecular weight is 284 g/mol. The molecule has 0 saturated heterocycles. The maximum Gasteiger partial charge on any atom is 0.148 e. The van der Waals surface area contributed by atoms with E-state index in [1.165, 1.54) is 4.91 Å². The topological polar surface area (TPSA) is 9.23 Å². The van der Waals surface area contributed by atoms with Crippen molar-refractivity contribution in [1.82, 2.24) is 0 Å². The van der Waals surface area contributed by atoms with Crippen molar-refractivity contribution < 1.29 is 4.74 Å². The van der Waals surface area contributed by atoms with Crippen molar-refractivity contribution in [3.05, 3.63) is 53.5 Å². The van der Waals surface area contributed by atoms with Crippen LogP contribution in [0, 0.1) is 12.3 Å². The van der Waals surface area contributed by atoms with Gasteiger partial charge in [0, 0.05) is 4.91 Å². The molecule has 0 aliphatic carbocycles. The van der Waals surface area contributed by atoms with E-state index in [-0.39, 0.29) is 6.61 Å². The third-order valence-electron chi connectivity index (χ3n) is 2.73. The van der Waals surface area contributed by atoms with Gasteiger partial charge in [0.25, 0.3) is 0 Å². The average Bonchev–Trinajstić information content (AvgIpc) is 2.44. The van der Waals surface area contributed by atoms with Crippen molar-refractivity contribution >= 4 is 22.2 Å². The number of hydrogen-bond acceptors (Lipinski definition) is 2. The van der Waals surface area contributed by atoms with Crippen LogP contribution in [0.25, 0.3) is 10.5 Å². The summed E-state index contributed by atoms with van der Waals surface area (Å²) in [7, 11) is 0. The van der Waals surface area contributed by atoms with Crippen LogP contribution in [0.5, 0.6) is 5.75 Å². The smallest absolute Gasteiger partial charge is 0.148 e. The summed E-state index contributed by atoms with van der Waals surface area (Å²) in [6.07, 6.45) is 7.30. The van der Waals surface area contributed by atoms with Crippen LogP contribution in [0.4, 0.5) is 0 Å². The molecule has 0 bridgehead atoms. The van der Waals surface area contributed by atoms with Gasteiger partial charge in [0.1, 0.15) is 12.4 Å². The number of terminal acetylenes is 1. The van der Waals surface area contributed by atoms with E-state index in [1.807, 2.05) is 26.0 Å². The van der Waals surface area contributed by atoms with E-state index in [0.717, 1.165) is 27.4 Å². The summed E-state index contributed by atoms with van der Waals surface area (Å²) in [5.74, 6) is 3.22. The second kappa shape index (κ2) is 7.67. The first kappa shape index (κ1) is 16.2. The van der Waals surface area contributed by atoms with Crippen molar-refractivity contribution in [3.63, 3.8) is 0 Å². The van der Waals surface area contributed by atoms with Gasteiger partial charge in [0.15, 0.2) is 0 Å². The molecule has 1 nitrogen and oxygen atoms in total. The van der Waals surface area contributed by atoms with E-state index in [9.17, 15) is 0 Å². The fourth-order valence-electron chi connectivity index (χ4n) is 1.53. The lowest BCUT2D eigenvalue weighted by Gasteiger charge is -2.12. The summed E-state index contributed by atoms with van der Waals surface area (Å²) < 4.78 is 5.53. The molecule has 0 fully saturated rings. The van der Waals surface area contributed by atoms with E-state index in [1.54, 1.807) is 11.8 Å². The van der Waals surface area contributed by atoms with Gasteiger partial charge in [-0.15, -0.1) is 6.42 Å². The van der Waals surface area contributed by atoms with Gasteiger partial charge in [-0.25, -0.2) is 0 Å². The van der Waals surface area contributed by atoms with Crippen LogP contribution >= 0.6 is 11.8 Å². The maximum absolute atomic E-state index is 5.53. The highest BCUT2D eigenvalue weighted by molar-refractivity contribution is 8.11. The zero-order valence-electron chi connectivity index (χ0n) is 12.3. The molecule has 1 aromatic rings. The normalized spacial score (nSPS) is 10.8. The molecule has 1 rings (SSSR count). The Morgan fingerprint density at radius 1 is 1.30 bits per heavy atom. The Kier molecular flexibility index (Phi) is 6.21. The third kappa shape index (κ3) is 4.68. The van der Waals surface area contributed by atoms with Crippen LogP contribution in [0.1, 0.15) is 31.9 Å². The van der Waals surface area contributed by atoms with Crippen LogP contribution in [0.3, 0.4) is 0 Å². The van der Waals surface area contributed by atoms with Crippen molar-refractivity contribution in [2.45, 2.75) is 20.8 Å². The zero-order chi connectivity index (χ0) is 15.1. The Bertz CT molecular complexity index is 588. The van der Waals surface area contributed by atoms with E-state index >= 15 is 0 Å². The molecule has 0 heterocycles. The quantitative estimate of drug-likeness (QED) is 0.650. The molecule has 0 N–H and O–H groups in total. The van der Waals surface area contributed by atoms with Gasteiger partial charge < -0.3 is 4.74 Å². The van der Waals surface area contributed by atoms with Crippen molar-refractivity contribution in [2.75, 3.05) is 6.61 Å². The minimum Gasteiger partial charge on any atom is -0.481 e. The molecule has 0 aliphatic rings. The summed E-state index contributed by atoms with van der Waals surface area (Å²) >= 11 is 1.65. The van der Waals surface area contributed by atoms with Crippen molar-refractivity contribution in [3.8, 4) is 18.1 Å². The van der Waals surface area contributed by atoms with Gasteiger partial charge in [-0.1, -0.05) is 42.5 Å². The first-order valence-electron chi connectivity index (χ1n) is 6.35. The molecule has 2 heteroatoms. The Balaban J connectivity index is 3.11. The Morgan fingerprint density at radius 2 is 1.95 bits per heavy atom. The maximum atomic E-state index is 5.53. The standard InChI is InChI=1S/C18H20OS/c1-7-9-19-18-11-16(13(3)4)10-17(12-18)15(6)20-14(5)8-2/h1,8,10-12H,3,6,9H2,2,4-5H3/b14-8-. The predicted octanol–water partition coefficient (Wildman–Crippen LogP) is 5.36. The molecular weight excluding hydrogens is 264 g/mol. The van der Waals surface area contributed by atoms with E-state index < -0.39 is 0 Å². The highest BCUT2D eigenvalue weighted by Crippen LogP contribution is 2.34. The number of benzene rings is 1. The lowest BCUT2D eigenvalue weighted by Crippen LogP contribution is -1.95. The Hall–Kier alpha value is -1.85. The van der Waals surface area contributed by atoms with Crippen LogP contribution in [-0.2, 0) is 0 Å². The molecule has 0 aliphatic heterocycles. The third-order valence-corrected chi connectivity index (χ3v) is 3.77. The number of thioether (sulfide) groups is 1. The molecule has 0 radical (unpaired) electrons. The Labute approximate surface area is 126 Å². The van der Waals surface area contributed by atoms with Gasteiger partial charge >= 0.3 is 0 Å². The summed E-state index contributed by atoms with van der Waals surface area (Å²) in [5.41, 5.74) is 3.05. The molecule has 104 valence electrons. The molecular formula is C18H20OS. The van der Waals surface area contributed by atoms with Crippen LogP contribution in [0.15, 0.2) is 42.3 Å². The second-order valence-corrected chi connectivity index (χ2v) is 5.78. The summed E-state index contributed by atoms with van der Waals surface area (Å²) in [4.78, 5) is 2.19. The van der Waals surface area contributed by atoms with Gasteiger partial charge in [-0.05, 0) is 55.0 Å². The van der Waals surface area contributed by atoms with Gasteiger partial charge in [-0.2, -0.15) is 0 Å². The SMILES string of the molecule is C#CCOc1cc(C(=C)C)cc(C(=C)S/C(C)=C\C)c1. The lowest BCUT2D eigenvalue weighted by molar-refractivity contribution is 0.370. The molecule has 0 atom stereocenters. The predicted molar refractivity (Wildman–Crippen MR) is 91.5 cm³/mol. The van der Waals surface area contributed by atoms with Gasteiger partial charge in [-0.3, -0.25) is 0 Å². The number of ether oxygens (including phenoxy) is 1. The van der Waals surface area contributed by atoms with Gasteiger partial charge in [0.05, 0.1) is 0 Å². The molecule has 0 saturated carbocycles. The number of allylic oxidation sites excluding steroid dienone is 3. The highest BCUT2D eigenvalue weighted by atomic mass is 32.2. The second-order valence-electron chi connectivity index (χ2n) is 4.44. The minimum atomic E-state index is 0.257. The largest absolute Gasteiger partial charge is 0.481 e. The first-order chi connectivity index (χ1) is 9.47. The van der Waals surface area contributed by atoms with E-state index in [0.29, 0.717) is 0 Å². The lowest BCUT2D eigenvalue weighted by atomic mass is 10.0. The summed E-state index contributed by atoms with van der Waals surface area (Å²) in [6, 6.07) is 5.98. The van der Waals surface area contributed by atoms with Crippen molar-refractivity contribution in [2.24, 2.45) is 0 Å². The highest BCUT2D eigenvalue weighted by Gasteiger charge is 2.07. The number of hydrogen-bond donors (Lipinski definition) is 0. The summed E-state index contributed by atoms with van der Waals surface area (Å²) in [6.45, 7) is 14.4. The van der Waals surface area contributed by atoms with E-state index in [2.05, 4.69) is 38.1 Å². The molecule has 1 aromatic carbocycles. The van der Waals surface area contributed by atoms with E-state index in [4.69, 9.17) is 11.2 Å². The molecule has 0 unspecified atom stereocenters. The zero-order valence-corrected chi connectivity index (χ0v) is 13.1. The molecule has 20 heavy (non-hydrogen) atoms. The summed E-state index contributed by atoms with van der Waals surface area (Å²) in [5, 5.41) is 0. The van der Waals surface area contributed by atoms with Gasteiger partial charge in [0.2, 0.25) is 0 Å². The molecule has 0 aromatic heterocycles. The monoisotopic (exact) mass is 284 g/mol. The van der Waals surface area contributed by atoms with Crippen LogP contribution in [0.2, 0.25) is 0 Å². The molecule has 0 spiro atoms. The van der Waals surface area contributed by atoms with Crippen LogP contribution in [-0.4, -0.2) is 6.61 Å². The molecule has 0 amide bonds. The number of rotatable bonds is 6. The fraction of sp³-hybridized carbons (Fsp3) is 0.222. The Morgan fingerprint density at radius 3 is 2.50 bits per heavy atom.